The fourth-order valence-corrected chi connectivity index (χ4v) is 3.59. The van der Waals surface area contributed by atoms with Crippen LogP contribution in [0, 0.1) is 0 Å². The standard InChI is InChI=1S/C15H20BrCl2N/c16-8-9-19(13-4-2-1-3-5-13)11-12-6-7-14(17)15(18)10-12/h6-7,10,13H,1-5,8-9,11H2. The van der Waals surface area contributed by atoms with E-state index in [4.69, 9.17) is 23.2 Å². The number of alkyl halides is 1. The van der Waals surface area contributed by atoms with Crippen molar-refractivity contribution < 1.29 is 0 Å². The molecule has 106 valence electrons. The molecule has 0 heterocycles. The molecule has 2 rings (SSSR count). The number of nitrogens with zero attached hydrogens (tertiary/aromatic N) is 1. The van der Waals surface area contributed by atoms with E-state index in [-0.39, 0.29) is 0 Å². The van der Waals surface area contributed by atoms with E-state index in [1.54, 1.807) is 0 Å². The maximum absolute atomic E-state index is 6.10. The van der Waals surface area contributed by atoms with Crippen LogP contribution in [-0.2, 0) is 6.54 Å². The summed E-state index contributed by atoms with van der Waals surface area (Å²) < 4.78 is 0. The second-order valence-electron chi connectivity index (χ2n) is 5.20. The van der Waals surface area contributed by atoms with Crippen LogP contribution >= 0.6 is 39.1 Å². The molecule has 19 heavy (non-hydrogen) atoms. The van der Waals surface area contributed by atoms with Gasteiger partial charge >= 0.3 is 0 Å². The van der Waals surface area contributed by atoms with Gasteiger partial charge in [-0.1, -0.05) is 64.5 Å². The minimum Gasteiger partial charge on any atom is -0.295 e. The molecule has 0 radical (unpaired) electrons. The quantitative estimate of drug-likeness (QED) is 0.621. The lowest BCUT2D eigenvalue weighted by Gasteiger charge is -2.34. The number of benzene rings is 1. The number of rotatable bonds is 5. The molecular weight excluding hydrogens is 345 g/mol. The van der Waals surface area contributed by atoms with Crippen LogP contribution in [0.3, 0.4) is 0 Å². The van der Waals surface area contributed by atoms with Gasteiger partial charge in [-0.3, -0.25) is 4.90 Å². The fraction of sp³-hybridized carbons (Fsp3) is 0.600. The van der Waals surface area contributed by atoms with E-state index in [1.807, 2.05) is 12.1 Å². The third-order valence-corrected chi connectivity index (χ3v) is 4.93. The van der Waals surface area contributed by atoms with E-state index >= 15 is 0 Å². The van der Waals surface area contributed by atoms with Crippen molar-refractivity contribution in [1.29, 1.82) is 0 Å². The summed E-state index contributed by atoms with van der Waals surface area (Å²) in [5, 5.41) is 2.31. The molecule has 0 aliphatic heterocycles. The topological polar surface area (TPSA) is 3.24 Å². The van der Waals surface area contributed by atoms with Crippen molar-refractivity contribution in [3.8, 4) is 0 Å². The molecule has 1 saturated carbocycles. The van der Waals surface area contributed by atoms with Gasteiger partial charge in [-0.15, -0.1) is 0 Å². The van der Waals surface area contributed by atoms with Gasteiger partial charge in [-0.05, 0) is 30.5 Å². The maximum atomic E-state index is 6.10. The Morgan fingerprint density at radius 2 is 1.84 bits per heavy atom. The first kappa shape index (κ1) is 15.6. The van der Waals surface area contributed by atoms with Crippen LogP contribution in [-0.4, -0.2) is 22.8 Å². The van der Waals surface area contributed by atoms with Crippen LogP contribution in [0.5, 0.6) is 0 Å². The number of hydrogen-bond acceptors (Lipinski definition) is 1. The van der Waals surface area contributed by atoms with Crippen molar-refractivity contribution in [2.24, 2.45) is 0 Å². The van der Waals surface area contributed by atoms with Gasteiger partial charge in [0, 0.05) is 24.5 Å². The molecule has 0 unspecified atom stereocenters. The molecule has 0 N–H and O–H groups in total. The molecule has 1 aliphatic rings. The first-order valence-corrected chi connectivity index (χ1v) is 8.82. The predicted molar refractivity (Wildman–Crippen MR) is 87.5 cm³/mol. The zero-order valence-electron chi connectivity index (χ0n) is 11.0. The van der Waals surface area contributed by atoms with Gasteiger partial charge in [-0.25, -0.2) is 0 Å². The first-order valence-electron chi connectivity index (χ1n) is 6.94. The Labute approximate surface area is 134 Å². The molecule has 0 amide bonds. The van der Waals surface area contributed by atoms with E-state index in [2.05, 4.69) is 26.9 Å². The van der Waals surface area contributed by atoms with Crippen molar-refractivity contribution in [1.82, 2.24) is 4.90 Å². The first-order chi connectivity index (χ1) is 9.20. The Kier molecular flexibility index (Phi) is 6.48. The summed E-state index contributed by atoms with van der Waals surface area (Å²) in [6, 6.07) is 6.69. The molecule has 0 spiro atoms. The Balaban J connectivity index is 2.04. The van der Waals surface area contributed by atoms with E-state index in [0.29, 0.717) is 10.0 Å². The Bertz CT molecular complexity index is 405. The van der Waals surface area contributed by atoms with Crippen LogP contribution in [0.15, 0.2) is 18.2 Å². The number of halogens is 3. The summed E-state index contributed by atoms with van der Waals surface area (Å²) >= 11 is 15.6. The van der Waals surface area contributed by atoms with Gasteiger partial charge in [0.25, 0.3) is 0 Å². The van der Waals surface area contributed by atoms with E-state index in [0.717, 1.165) is 24.5 Å². The average Bonchev–Trinajstić information content (AvgIpc) is 2.43. The van der Waals surface area contributed by atoms with Gasteiger partial charge < -0.3 is 0 Å². The lowest BCUT2D eigenvalue weighted by Crippen LogP contribution is -2.37. The summed E-state index contributed by atoms with van der Waals surface area (Å²) in [4.78, 5) is 2.58. The van der Waals surface area contributed by atoms with Crippen LogP contribution in [0.2, 0.25) is 10.0 Å². The van der Waals surface area contributed by atoms with Crippen molar-refractivity contribution in [3.05, 3.63) is 33.8 Å². The molecule has 1 aromatic carbocycles. The maximum Gasteiger partial charge on any atom is 0.0595 e. The minimum atomic E-state index is 0.634. The highest BCUT2D eigenvalue weighted by atomic mass is 79.9. The Hall–Kier alpha value is 0.240. The highest BCUT2D eigenvalue weighted by Crippen LogP contribution is 2.26. The smallest absolute Gasteiger partial charge is 0.0595 e. The summed E-state index contributed by atoms with van der Waals surface area (Å²) in [5.74, 6) is 0. The second kappa shape index (κ2) is 7.87. The second-order valence-corrected chi connectivity index (χ2v) is 6.81. The molecule has 4 heteroatoms. The van der Waals surface area contributed by atoms with Crippen LogP contribution in [0.25, 0.3) is 0 Å². The van der Waals surface area contributed by atoms with Crippen molar-refractivity contribution in [3.63, 3.8) is 0 Å². The lowest BCUT2D eigenvalue weighted by molar-refractivity contribution is 0.158. The number of hydrogen-bond donors (Lipinski definition) is 0. The molecule has 1 aliphatic carbocycles. The molecule has 1 nitrogen and oxygen atoms in total. The summed E-state index contributed by atoms with van der Waals surface area (Å²) in [7, 11) is 0. The lowest BCUT2D eigenvalue weighted by atomic mass is 9.94. The van der Waals surface area contributed by atoms with Gasteiger partial charge in [0.05, 0.1) is 10.0 Å². The average molecular weight is 365 g/mol. The normalized spacial score (nSPS) is 17.1. The molecule has 0 bridgehead atoms. The summed E-state index contributed by atoms with van der Waals surface area (Å²) in [5.41, 5.74) is 1.25. The Morgan fingerprint density at radius 3 is 2.47 bits per heavy atom. The van der Waals surface area contributed by atoms with Crippen molar-refractivity contribution in [2.75, 3.05) is 11.9 Å². The van der Waals surface area contributed by atoms with Crippen molar-refractivity contribution in [2.45, 2.75) is 44.7 Å². The van der Waals surface area contributed by atoms with Crippen LogP contribution in [0.4, 0.5) is 0 Å². The summed E-state index contributed by atoms with van der Waals surface area (Å²) in [6.07, 6.45) is 6.78. The van der Waals surface area contributed by atoms with Gasteiger partial charge in [0.1, 0.15) is 0 Å². The van der Waals surface area contributed by atoms with Gasteiger partial charge in [-0.2, -0.15) is 0 Å². The molecule has 0 aromatic heterocycles. The highest BCUT2D eigenvalue weighted by Gasteiger charge is 2.20. The predicted octanol–water partition coefficient (Wildman–Crippen LogP) is 5.52. The third kappa shape index (κ3) is 4.63. The van der Waals surface area contributed by atoms with Crippen LogP contribution < -0.4 is 0 Å². The zero-order valence-corrected chi connectivity index (χ0v) is 14.1. The van der Waals surface area contributed by atoms with E-state index in [9.17, 15) is 0 Å². The minimum absolute atomic E-state index is 0.634. The fourth-order valence-electron chi connectivity index (χ4n) is 2.82. The molecule has 0 atom stereocenters. The highest BCUT2D eigenvalue weighted by molar-refractivity contribution is 9.09. The zero-order chi connectivity index (χ0) is 13.7. The molecular formula is C15H20BrCl2N. The third-order valence-electron chi connectivity index (χ3n) is 3.83. The van der Waals surface area contributed by atoms with Gasteiger partial charge in [0.2, 0.25) is 0 Å². The van der Waals surface area contributed by atoms with E-state index < -0.39 is 0 Å². The van der Waals surface area contributed by atoms with Gasteiger partial charge in [0.15, 0.2) is 0 Å². The molecule has 0 saturated heterocycles. The van der Waals surface area contributed by atoms with Crippen molar-refractivity contribution >= 4 is 39.1 Å². The van der Waals surface area contributed by atoms with Crippen LogP contribution in [0.1, 0.15) is 37.7 Å². The Morgan fingerprint density at radius 1 is 1.11 bits per heavy atom. The summed E-state index contributed by atoms with van der Waals surface area (Å²) in [6.45, 7) is 2.05. The molecule has 1 fully saturated rings. The molecule has 1 aromatic rings. The SMILES string of the molecule is Clc1ccc(CN(CCBr)C2CCCCC2)cc1Cl. The van der Waals surface area contributed by atoms with E-state index in [1.165, 1.54) is 37.7 Å². The largest absolute Gasteiger partial charge is 0.295 e. The monoisotopic (exact) mass is 363 g/mol.